The second-order valence-corrected chi connectivity index (χ2v) is 17.9. The highest BCUT2D eigenvalue weighted by molar-refractivity contribution is 7.44. The Morgan fingerprint density at radius 2 is 1.33 bits per heavy atom. The Morgan fingerprint density at radius 1 is 0.761 bits per heavy atom. The first-order valence-corrected chi connectivity index (χ1v) is 23.3. The zero-order valence-electron chi connectivity index (χ0n) is 38.4. The predicted octanol–water partition coefficient (Wildman–Crippen LogP) is 7.19. The predicted molar refractivity (Wildman–Crippen MR) is 250 cm³/mol. The average Bonchev–Trinajstić information content (AvgIpc) is 3.79. The van der Waals surface area contributed by atoms with E-state index in [-0.39, 0.29) is 63.1 Å². The Bertz CT molecular complexity index is 2530. The first-order chi connectivity index (χ1) is 32.4. The number of fused-ring (bicyclic) bond motifs is 1. The number of methoxy groups -OCH3 is 2. The molecule has 17 heteroatoms. The quantitative estimate of drug-likeness (QED) is 0.0319. The minimum absolute atomic E-state index is 0.000410. The van der Waals surface area contributed by atoms with Gasteiger partial charge < -0.3 is 32.7 Å². The van der Waals surface area contributed by atoms with Crippen molar-refractivity contribution >= 4 is 20.3 Å². The number of carbonyl (C=O) groups excluding carboxylic acids is 2. The number of hydrogen-bond donors (Lipinski definition) is 1. The lowest BCUT2D eigenvalue weighted by Crippen LogP contribution is -2.44. The van der Waals surface area contributed by atoms with Crippen LogP contribution in [0.4, 0.5) is 0 Å². The van der Waals surface area contributed by atoms with Gasteiger partial charge in [0, 0.05) is 37.5 Å². The summed E-state index contributed by atoms with van der Waals surface area (Å²) in [5.74, 6) is 0.517. The summed E-state index contributed by atoms with van der Waals surface area (Å²) in [6.45, 7) is 8.07. The number of nitrogens with one attached hydrogen (secondary N) is 1. The Balaban J connectivity index is 1.31. The number of benzene rings is 4. The van der Waals surface area contributed by atoms with E-state index in [4.69, 9.17) is 32.7 Å². The fourth-order valence-corrected chi connectivity index (χ4v) is 10.3. The van der Waals surface area contributed by atoms with E-state index < -0.39 is 49.9 Å². The van der Waals surface area contributed by atoms with Crippen LogP contribution in [0.5, 0.6) is 11.5 Å². The number of nitrogens with zero attached hydrogens (tertiary/aromatic N) is 4. The zero-order chi connectivity index (χ0) is 47.7. The van der Waals surface area contributed by atoms with E-state index in [1.54, 1.807) is 38.5 Å². The monoisotopic (exact) mass is 933 g/mol. The number of imide groups is 1. The van der Waals surface area contributed by atoms with E-state index in [0.717, 1.165) is 16.7 Å². The molecule has 352 valence electrons. The van der Waals surface area contributed by atoms with Gasteiger partial charge in [0.05, 0.1) is 51.1 Å². The van der Waals surface area contributed by atoms with Crippen LogP contribution in [0.1, 0.15) is 84.2 Å². The van der Waals surface area contributed by atoms with Gasteiger partial charge in [-0.15, -0.1) is 0 Å². The third kappa shape index (κ3) is 10.6. The molecule has 0 spiro atoms. The molecular weight excluding hydrogens is 878 g/mol. The van der Waals surface area contributed by atoms with Gasteiger partial charge in [-0.1, -0.05) is 66.7 Å². The fourth-order valence-electron chi connectivity index (χ4n) is 8.56. The third-order valence-electron chi connectivity index (χ3n) is 11.6. The van der Waals surface area contributed by atoms with Gasteiger partial charge in [0.15, 0.2) is 6.23 Å². The maximum absolute atomic E-state index is 13.7. The molecule has 5 atom stereocenters. The molecule has 4 aromatic carbocycles. The van der Waals surface area contributed by atoms with Crippen molar-refractivity contribution in [2.24, 2.45) is 0 Å². The van der Waals surface area contributed by atoms with Gasteiger partial charge in [-0.05, 0) is 87.2 Å². The number of rotatable bonds is 22. The largest absolute Gasteiger partial charge is 0.497 e. The topological polar surface area (TPSA) is 184 Å². The Labute approximate surface area is 390 Å². The SMILES string of the molecule is COc1ccc(C(OC[C@H]2O[C@@H](n3ccc(=O)[nH]c3=O)[C@H](OCCCN3C(=O)c4ccccc4C3=O)[C@@H]2OP(OCCC#N)N(C(C)C)C(C)C)(c2ccccc2)c2ccc(OC)cc2)cc1. The molecule has 3 heterocycles. The standard InChI is InChI=1S/C50H56N5O11P/c1-33(2)55(34(3)4)67(64-31-12-27-51)66-44-42(32-63-50(35-14-8-7-9-15-35,36-18-22-38(60-5)23-19-36)37-20-24-39(61-6)25-21-37)65-48(54-29-26-43(56)52-49(54)59)45(44)62-30-13-28-53-46(57)40-16-10-11-17-41(40)47(53)58/h7-11,14-26,29,33-34,42,44-45,48H,12-13,28,30-32H2,1-6H3,(H,52,56,59)/t42-,44-,45-,48-,67?/m1/s1. The summed E-state index contributed by atoms with van der Waals surface area (Å²) in [5, 5.41) is 9.53. The normalized spacial score (nSPS) is 18.7. The number of carbonyl (C=O) groups is 2. The van der Waals surface area contributed by atoms with Crippen LogP contribution in [0.15, 0.2) is 125 Å². The van der Waals surface area contributed by atoms with Crippen molar-refractivity contribution in [1.29, 1.82) is 5.26 Å². The number of amides is 2. The zero-order valence-corrected chi connectivity index (χ0v) is 39.3. The Kier molecular flexibility index (Phi) is 16.2. The van der Waals surface area contributed by atoms with E-state index in [9.17, 15) is 24.4 Å². The van der Waals surface area contributed by atoms with Gasteiger partial charge in [0.1, 0.15) is 35.4 Å². The van der Waals surface area contributed by atoms with Gasteiger partial charge in [-0.3, -0.25) is 28.8 Å². The third-order valence-corrected chi connectivity index (χ3v) is 13.8. The molecule has 67 heavy (non-hydrogen) atoms. The minimum atomic E-state index is -1.93. The molecule has 7 rings (SSSR count). The van der Waals surface area contributed by atoms with Crippen LogP contribution in [0.25, 0.3) is 0 Å². The van der Waals surface area contributed by atoms with Crippen LogP contribution in [0, 0.1) is 11.3 Å². The summed E-state index contributed by atoms with van der Waals surface area (Å²) < 4.78 is 48.9. The van der Waals surface area contributed by atoms with E-state index in [0.29, 0.717) is 22.6 Å². The smallest absolute Gasteiger partial charge is 0.330 e. The van der Waals surface area contributed by atoms with Crippen molar-refractivity contribution < 1.29 is 42.3 Å². The summed E-state index contributed by atoms with van der Waals surface area (Å²) in [4.78, 5) is 56.2. The second kappa shape index (κ2) is 22.2. The number of hydrogen-bond acceptors (Lipinski definition) is 13. The summed E-state index contributed by atoms with van der Waals surface area (Å²) in [5.41, 5.74) is 0.382. The van der Waals surface area contributed by atoms with Crippen LogP contribution in [-0.4, -0.2) is 102 Å². The number of nitriles is 1. The molecular formula is C50H56N5O11P. The highest BCUT2D eigenvalue weighted by atomic mass is 31.2. The number of H-pyrrole nitrogens is 1. The van der Waals surface area contributed by atoms with Gasteiger partial charge in [0.25, 0.3) is 25.9 Å². The van der Waals surface area contributed by atoms with Crippen LogP contribution < -0.4 is 20.7 Å². The number of aromatic amines is 1. The second-order valence-electron chi connectivity index (χ2n) is 16.5. The minimum Gasteiger partial charge on any atom is -0.497 e. The summed E-state index contributed by atoms with van der Waals surface area (Å²) >= 11 is 0. The lowest BCUT2D eigenvalue weighted by Gasteiger charge is -2.39. The van der Waals surface area contributed by atoms with Crippen molar-refractivity contribution in [3.05, 3.63) is 164 Å². The molecule has 0 bridgehead atoms. The molecule has 0 radical (unpaired) electrons. The molecule has 16 nitrogen and oxygen atoms in total. The maximum Gasteiger partial charge on any atom is 0.330 e. The lowest BCUT2D eigenvalue weighted by molar-refractivity contribution is -0.0977. The molecule has 0 saturated carbocycles. The molecule has 1 aromatic heterocycles. The van der Waals surface area contributed by atoms with E-state index >= 15 is 0 Å². The van der Waals surface area contributed by atoms with Gasteiger partial charge in [-0.2, -0.15) is 5.26 Å². The van der Waals surface area contributed by atoms with E-state index in [1.165, 1.54) is 21.7 Å². The first kappa shape index (κ1) is 48.9. The van der Waals surface area contributed by atoms with Crippen LogP contribution in [0.2, 0.25) is 0 Å². The van der Waals surface area contributed by atoms with Crippen molar-refractivity contribution in [2.75, 3.05) is 40.6 Å². The molecule has 2 aliphatic rings. The maximum atomic E-state index is 13.7. The van der Waals surface area contributed by atoms with Crippen molar-refractivity contribution in [3.8, 4) is 17.6 Å². The van der Waals surface area contributed by atoms with E-state index in [1.807, 2.05) is 107 Å². The van der Waals surface area contributed by atoms with Crippen LogP contribution >= 0.6 is 8.53 Å². The van der Waals surface area contributed by atoms with Crippen molar-refractivity contribution in [3.63, 3.8) is 0 Å². The summed E-state index contributed by atoms with van der Waals surface area (Å²) in [6, 6.07) is 34.8. The highest BCUT2D eigenvalue weighted by Gasteiger charge is 2.52. The molecule has 1 fully saturated rings. The Morgan fingerprint density at radius 3 is 1.87 bits per heavy atom. The van der Waals surface area contributed by atoms with Crippen LogP contribution in [0.3, 0.4) is 0 Å². The number of aromatic nitrogens is 2. The molecule has 2 aliphatic heterocycles. The molecule has 1 N–H and O–H groups in total. The molecule has 2 amide bonds. The molecule has 0 aliphatic carbocycles. The molecule has 1 unspecified atom stereocenters. The van der Waals surface area contributed by atoms with Crippen molar-refractivity contribution in [1.82, 2.24) is 19.1 Å². The first-order valence-electron chi connectivity index (χ1n) is 22.2. The van der Waals surface area contributed by atoms with Gasteiger partial charge in [-0.25, -0.2) is 9.46 Å². The van der Waals surface area contributed by atoms with E-state index in [2.05, 4.69) is 15.7 Å². The fraction of sp³-hybridized carbons (Fsp3) is 0.380. The lowest BCUT2D eigenvalue weighted by atomic mass is 9.80. The Hall–Kier alpha value is -6.02. The molecule has 1 saturated heterocycles. The van der Waals surface area contributed by atoms with Gasteiger partial charge >= 0.3 is 5.69 Å². The highest BCUT2D eigenvalue weighted by Crippen LogP contribution is 2.51. The average molecular weight is 934 g/mol. The molecule has 5 aromatic rings. The van der Waals surface area contributed by atoms with Gasteiger partial charge in [0.2, 0.25) is 0 Å². The summed E-state index contributed by atoms with van der Waals surface area (Å²) in [6.07, 6.45) is -2.56. The number of ether oxygens (including phenoxy) is 5. The van der Waals surface area contributed by atoms with Crippen molar-refractivity contribution in [2.45, 2.75) is 82.8 Å². The van der Waals surface area contributed by atoms with Crippen LogP contribution in [-0.2, 0) is 28.9 Å². The summed E-state index contributed by atoms with van der Waals surface area (Å²) in [7, 11) is 1.27.